The molecule has 1 fully saturated rings. The standard InChI is InChI=1S/C27H31N5O3.C3H6.C2H6/c1-16(28)19-6-5-7-21(26(19)35-4)31-22-14-24(29-13-12-20(22)25(33)17-8-9-17)32-23-11-10-18(15-30-23)27(2,3)34;1-3-2;1-2/h5-7,10-15,17,28-29,31,34H,8-9H2,1-4H3,(H,30,32);3H,1H2,2H3;1-2H3. The van der Waals surface area contributed by atoms with Crippen LogP contribution in [0.25, 0.3) is 0 Å². The molecule has 0 bridgehead atoms. The predicted octanol–water partition coefficient (Wildman–Crippen LogP) is 6.64. The Hall–Kier alpha value is -4.17. The van der Waals surface area contributed by atoms with Gasteiger partial charge in [0.25, 0.3) is 0 Å². The summed E-state index contributed by atoms with van der Waals surface area (Å²) in [5.74, 6) is 1.87. The number of para-hydroxylation sites is 1. The average molecular weight is 546 g/mol. The van der Waals surface area contributed by atoms with E-state index < -0.39 is 5.60 Å². The van der Waals surface area contributed by atoms with Crippen LogP contribution in [0.5, 0.6) is 5.75 Å². The fourth-order valence-electron chi connectivity index (χ4n) is 3.79. The third-order valence-corrected chi connectivity index (χ3v) is 5.91. The fraction of sp³-hybridized carbons (Fsp3) is 0.344. The van der Waals surface area contributed by atoms with E-state index in [1.165, 1.54) is 0 Å². The van der Waals surface area contributed by atoms with Crippen LogP contribution in [0.15, 0.2) is 84.6 Å². The summed E-state index contributed by atoms with van der Waals surface area (Å²) >= 11 is 0. The number of carbonyl (C=O) groups excluding carboxylic acids is 1. The minimum absolute atomic E-state index is 0.0439. The molecule has 8 nitrogen and oxygen atoms in total. The van der Waals surface area contributed by atoms with Crippen LogP contribution < -0.4 is 20.7 Å². The molecule has 2 heterocycles. The number of nitrogens with zero attached hydrogens (tertiary/aromatic N) is 1. The highest BCUT2D eigenvalue weighted by molar-refractivity contribution is 6.03. The number of ketones is 1. The summed E-state index contributed by atoms with van der Waals surface area (Å²) in [6.45, 7) is 14.4. The SMILES string of the molecule is C=CC.CC.COc1c(NC2=C(C(=O)C3CC3)C=CNC(Nc3ccc(C(C)(C)O)cn3)=C2)cccc1C(C)=N. The van der Waals surface area contributed by atoms with Crippen LogP contribution in [0.3, 0.4) is 0 Å². The molecular formula is C32H43N5O3. The quantitative estimate of drug-likeness (QED) is 0.177. The van der Waals surface area contributed by atoms with Crippen molar-refractivity contribution in [2.24, 2.45) is 5.92 Å². The normalized spacial score (nSPS) is 14.2. The Morgan fingerprint density at radius 2 is 1.90 bits per heavy atom. The minimum Gasteiger partial charge on any atom is -0.494 e. The highest BCUT2D eigenvalue weighted by atomic mass is 16.5. The smallest absolute Gasteiger partial charge is 0.168 e. The summed E-state index contributed by atoms with van der Waals surface area (Å²) in [6, 6.07) is 9.14. The van der Waals surface area contributed by atoms with Crippen LogP contribution in [0.4, 0.5) is 11.5 Å². The number of allylic oxidation sites excluding steroid dienone is 4. The molecule has 0 radical (unpaired) electrons. The van der Waals surface area contributed by atoms with Gasteiger partial charge in [0.05, 0.1) is 24.1 Å². The van der Waals surface area contributed by atoms with Gasteiger partial charge in [-0.1, -0.05) is 32.1 Å². The van der Waals surface area contributed by atoms with E-state index in [1.807, 2.05) is 51.1 Å². The molecule has 8 heteroatoms. The minimum atomic E-state index is -0.978. The number of aliphatic hydroxyl groups is 1. The number of Topliss-reactive ketones (excluding diaryl/α,β-unsaturated/α-hetero) is 1. The summed E-state index contributed by atoms with van der Waals surface area (Å²) in [5.41, 5.74) is 2.63. The topological polar surface area (TPSA) is 119 Å². The first-order valence-corrected chi connectivity index (χ1v) is 13.5. The Morgan fingerprint density at radius 3 is 2.42 bits per heavy atom. The molecule has 5 N–H and O–H groups in total. The number of pyridine rings is 1. The Kier molecular flexibility index (Phi) is 11.9. The van der Waals surface area contributed by atoms with Gasteiger partial charge >= 0.3 is 0 Å². The van der Waals surface area contributed by atoms with Crippen molar-refractivity contribution in [3.8, 4) is 5.75 Å². The first-order valence-electron chi connectivity index (χ1n) is 13.5. The van der Waals surface area contributed by atoms with Crippen molar-refractivity contribution < 1.29 is 14.6 Å². The number of ether oxygens (including phenoxy) is 1. The first kappa shape index (κ1) is 32.0. The van der Waals surface area contributed by atoms with Crippen molar-refractivity contribution in [3.63, 3.8) is 0 Å². The molecule has 0 saturated heterocycles. The zero-order chi connectivity index (χ0) is 29.9. The number of nitrogens with one attached hydrogen (secondary N) is 4. The summed E-state index contributed by atoms with van der Waals surface area (Å²) in [5, 5.41) is 28.0. The molecule has 1 aliphatic carbocycles. The summed E-state index contributed by atoms with van der Waals surface area (Å²) in [6.07, 6.45) is 10.5. The highest BCUT2D eigenvalue weighted by Gasteiger charge is 2.32. The van der Waals surface area contributed by atoms with Gasteiger partial charge in [-0.15, -0.1) is 6.58 Å². The van der Waals surface area contributed by atoms with E-state index in [4.69, 9.17) is 10.1 Å². The van der Waals surface area contributed by atoms with E-state index in [0.29, 0.717) is 51.2 Å². The molecule has 1 aromatic carbocycles. The maximum atomic E-state index is 13.1. The van der Waals surface area contributed by atoms with Gasteiger partial charge in [-0.3, -0.25) is 4.79 Å². The third-order valence-electron chi connectivity index (χ3n) is 5.91. The Bertz CT molecular complexity index is 1280. The van der Waals surface area contributed by atoms with Crippen molar-refractivity contribution in [1.29, 1.82) is 5.41 Å². The molecule has 4 rings (SSSR count). The van der Waals surface area contributed by atoms with Gasteiger partial charge in [-0.05, 0) is 64.8 Å². The van der Waals surface area contributed by atoms with Crippen molar-refractivity contribution in [3.05, 3.63) is 95.8 Å². The average Bonchev–Trinajstić information content (AvgIpc) is 3.78. The van der Waals surface area contributed by atoms with Crippen LogP contribution in [-0.4, -0.2) is 28.7 Å². The molecule has 2 aliphatic rings. The van der Waals surface area contributed by atoms with Gasteiger partial charge in [0.15, 0.2) is 11.5 Å². The number of hydrogen-bond acceptors (Lipinski definition) is 8. The monoisotopic (exact) mass is 545 g/mol. The Labute approximate surface area is 238 Å². The summed E-state index contributed by atoms with van der Waals surface area (Å²) in [4.78, 5) is 17.5. The maximum absolute atomic E-state index is 13.1. The van der Waals surface area contributed by atoms with Gasteiger partial charge in [0.2, 0.25) is 0 Å². The van der Waals surface area contributed by atoms with Crippen LogP contribution in [0.1, 0.15) is 65.5 Å². The third kappa shape index (κ3) is 8.68. The van der Waals surface area contributed by atoms with Crippen molar-refractivity contribution in [2.75, 3.05) is 17.7 Å². The lowest BCUT2D eigenvalue weighted by Crippen LogP contribution is -2.17. The predicted molar refractivity (Wildman–Crippen MR) is 165 cm³/mol. The molecule has 1 saturated carbocycles. The number of hydrogen-bond donors (Lipinski definition) is 5. The zero-order valence-electron chi connectivity index (χ0n) is 24.7. The van der Waals surface area contributed by atoms with Gasteiger partial charge in [0, 0.05) is 46.8 Å². The fourth-order valence-corrected chi connectivity index (χ4v) is 3.79. The van der Waals surface area contributed by atoms with E-state index in [0.717, 1.165) is 12.8 Å². The zero-order valence-corrected chi connectivity index (χ0v) is 24.7. The number of anilines is 2. The van der Waals surface area contributed by atoms with E-state index >= 15 is 0 Å². The summed E-state index contributed by atoms with van der Waals surface area (Å²) in [7, 11) is 1.57. The van der Waals surface area contributed by atoms with Gasteiger partial charge in [-0.25, -0.2) is 4.98 Å². The lowest BCUT2D eigenvalue weighted by molar-refractivity contribution is -0.116. The van der Waals surface area contributed by atoms with E-state index in [9.17, 15) is 9.90 Å². The van der Waals surface area contributed by atoms with Gasteiger partial charge < -0.3 is 31.2 Å². The number of rotatable bonds is 9. The van der Waals surface area contributed by atoms with E-state index in [1.54, 1.807) is 58.5 Å². The molecule has 1 aliphatic heterocycles. The first-order chi connectivity index (χ1) is 19.1. The molecule has 0 atom stereocenters. The van der Waals surface area contributed by atoms with Crippen LogP contribution >= 0.6 is 0 Å². The molecule has 40 heavy (non-hydrogen) atoms. The number of carbonyl (C=O) groups is 1. The Morgan fingerprint density at radius 1 is 1.23 bits per heavy atom. The molecule has 0 spiro atoms. The molecular weight excluding hydrogens is 502 g/mol. The van der Waals surface area contributed by atoms with Crippen molar-refractivity contribution >= 4 is 23.0 Å². The number of aromatic nitrogens is 1. The lowest BCUT2D eigenvalue weighted by atomic mass is 10.0. The second kappa shape index (κ2) is 14.8. The van der Waals surface area contributed by atoms with Gasteiger partial charge in [-0.2, -0.15) is 0 Å². The summed E-state index contributed by atoms with van der Waals surface area (Å²) < 4.78 is 5.62. The van der Waals surface area contributed by atoms with Crippen LogP contribution in [-0.2, 0) is 10.4 Å². The largest absolute Gasteiger partial charge is 0.494 e. The highest BCUT2D eigenvalue weighted by Crippen LogP contribution is 2.36. The molecule has 2 aromatic rings. The molecule has 0 amide bonds. The second-order valence-corrected chi connectivity index (χ2v) is 9.66. The maximum Gasteiger partial charge on any atom is 0.168 e. The van der Waals surface area contributed by atoms with E-state index in [2.05, 4.69) is 27.5 Å². The van der Waals surface area contributed by atoms with Crippen molar-refractivity contribution in [1.82, 2.24) is 10.3 Å². The van der Waals surface area contributed by atoms with Crippen LogP contribution in [0.2, 0.25) is 0 Å². The lowest BCUT2D eigenvalue weighted by Gasteiger charge is -2.18. The van der Waals surface area contributed by atoms with Crippen LogP contribution in [0, 0.1) is 11.3 Å². The van der Waals surface area contributed by atoms with E-state index in [-0.39, 0.29) is 11.7 Å². The molecule has 214 valence electrons. The second-order valence-electron chi connectivity index (χ2n) is 9.66. The van der Waals surface area contributed by atoms with Gasteiger partial charge in [0.1, 0.15) is 11.6 Å². The molecule has 1 aromatic heterocycles. The number of benzene rings is 1. The van der Waals surface area contributed by atoms with Crippen molar-refractivity contribution in [2.45, 2.75) is 60.0 Å². The Balaban J connectivity index is 0.00000105. The number of methoxy groups -OCH3 is 1. The molecule has 0 unspecified atom stereocenters.